The average molecular weight is 174 g/mol. The van der Waals surface area contributed by atoms with Gasteiger partial charge >= 0.3 is 0 Å². The van der Waals surface area contributed by atoms with Crippen molar-refractivity contribution in [3.05, 3.63) is 29.8 Å². The molecule has 0 saturated carbocycles. The van der Waals surface area contributed by atoms with Crippen LogP contribution in [-0.2, 0) is 0 Å². The van der Waals surface area contributed by atoms with E-state index in [0.29, 0.717) is 0 Å². The van der Waals surface area contributed by atoms with Crippen LogP contribution in [0.2, 0.25) is 0 Å². The van der Waals surface area contributed by atoms with Crippen molar-refractivity contribution >= 4 is 11.4 Å². The Morgan fingerprint density at radius 2 is 1.85 bits per heavy atom. The molecule has 1 heterocycles. The van der Waals surface area contributed by atoms with E-state index in [1.807, 2.05) is 0 Å². The average Bonchev–Trinajstić information content (AvgIpc) is 2.53. The van der Waals surface area contributed by atoms with E-state index in [1.54, 1.807) is 0 Å². The molecule has 2 heteroatoms. The normalized spacial score (nSPS) is 16.2. The zero-order valence-electron chi connectivity index (χ0n) is 8.12. The number of hydrogen-bond acceptors (Lipinski definition) is 2. The first-order valence-electron chi connectivity index (χ1n) is 4.64. The Labute approximate surface area is 78.9 Å². The lowest BCUT2D eigenvalue weighted by Gasteiger charge is -2.13. The van der Waals surface area contributed by atoms with E-state index in [2.05, 4.69) is 48.2 Å². The van der Waals surface area contributed by atoms with E-state index < -0.39 is 0 Å². The van der Waals surface area contributed by atoms with Crippen LogP contribution < -0.4 is 5.01 Å². The molecule has 0 atom stereocenters. The second-order valence-corrected chi connectivity index (χ2v) is 3.54. The smallest absolute Gasteiger partial charge is 0.0594 e. The molecule has 0 aromatic heterocycles. The predicted molar refractivity (Wildman–Crippen MR) is 56.3 cm³/mol. The number of hydrogen-bond donors (Lipinski definition) is 0. The van der Waals surface area contributed by atoms with Crippen LogP contribution in [0.4, 0.5) is 5.69 Å². The molecule has 1 aromatic rings. The molecular weight excluding hydrogens is 160 g/mol. The molecule has 0 unspecified atom stereocenters. The number of rotatable bonds is 1. The molecule has 13 heavy (non-hydrogen) atoms. The number of hydrazone groups is 1. The highest BCUT2D eigenvalue weighted by atomic mass is 15.5. The maximum absolute atomic E-state index is 4.44. The number of benzene rings is 1. The Morgan fingerprint density at radius 3 is 2.38 bits per heavy atom. The van der Waals surface area contributed by atoms with Crippen molar-refractivity contribution in [1.29, 1.82) is 0 Å². The Balaban J connectivity index is 2.22. The molecule has 0 N–H and O–H groups in total. The minimum Gasteiger partial charge on any atom is -0.265 e. The third-order valence-corrected chi connectivity index (χ3v) is 2.31. The minimum atomic E-state index is 1.02. The van der Waals surface area contributed by atoms with Gasteiger partial charge in [0.1, 0.15) is 0 Å². The summed E-state index contributed by atoms with van der Waals surface area (Å²) in [5, 5.41) is 6.50. The Bertz CT molecular complexity index is 324. The zero-order chi connectivity index (χ0) is 9.26. The summed E-state index contributed by atoms with van der Waals surface area (Å²) in [5.41, 5.74) is 3.71. The first-order chi connectivity index (χ1) is 6.25. The van der Waals surface area contributed by atoms with Crippen LogP contribution in [-0.4, -0.2) is 12.3 Å². The molecule has 1 aliphatic heterocycles. The number of anilines is 1. The molecule has 2 nitrogen and oxygen atoms in total. The Hall–Kier alpha value is -1.31. The molecule has 1 aromatic carbocycles. The molecule has 0 aliphatic carbocycles. The van der Waals surface area contributed by atoms with Crippen LogP contribution in [0.3, 0.4) is 0 Å². The summed E-state index contributed by atoms with van der Waals surface area (Å²) >= 11 is 0. The van der Waals surface area contributed by atoms with Gasteiger partial charge in [0.05, 0.1) is 5.69 Å². The van der Waals surface area contributed by atoms with Gasteiger partial charge in [-0.25, -0.2) is 0 Å². The van der Waals surface area contributed by atoms with Gasteiger partial charge in [-0.2, -0.15) is 5.10 Å². The van der Waals surface area contributed by atoms with Gasteiger partial charge in [0.15, 0.2) is 0 Å². The van der Waals surface area contributed by atoms with Crippen molar-refractivity contribution in [2.75, 3.05) is 11.6 Å². The third kappa shape index (κ3) is 1.72. The van der Waals surface area contributed by atoms with Gasteiger partial charge in [0.2, 0.25) is 0 Å². The fourth-order valence-electron chi connectivity index (χ4n) is 1.48. The molecule has 0 spiro atoms. The van der Waals surface area contributed by atoms with Crippen LogP contribution in [0.25, 0.3) is 0 Å². The van der Waals surface area contributed by atoms with Crippen molar-refractivity contribution < 1.29 is 0 Å². The van der Waals surface area contributed by atoms with E-state index in [1.165, 1.54) is 17.0 Å². The van der Waals surface area contributed by atoms with Gasteiger partial charge in [0.25, 0.3) is 0 Å². The summed E-state index contributed by atoms with van der Waals surface area (Å²) in [5.74, 6) is 0. The maximum atomic E-state index is 4.44. The fraction of sp³-hybridized carbons (Fsp3) is 0.364. The SMILES string of the molecule is CC1=NN(c2ccc(C)cc2)CC1. The zero-order valence-corrected chi connectivity index (χ0v) is 8.12. The maximum Gasteiger partial charge on any atom is 0.0594 e. The topological polar surface area (TPSA) is 15.6 Å². The fourth-order valence-corrected chi connectivity index (χ4v) is 1.48. The second-order valence-electron chi connectivity index (χ2n) is 3.54. The summed E-state index contributed by atoms with van der Waals surface area (Å²) in [7, 11) is 0. The first kappa shape index (κ1) is 8.30. The highest BCUT2D eigenvalue weighted by Crippen LogP contribution is 2.19. The standard InChI is InChI=1S/C11H14N2/c1-9-3-5-11(6-4-9)13-8-7-10(2)12-13/h3-6H,7-8H2,1-2H3. The van der Waals surface area contributed by atoms with Crippen LogP contribution in [0, 0.1) is 6.92 Å². The highest BCUT2D eigenvalue weighted by molar-refractivity contribution is 5.85. The largest absolute Gasteiger partial charge is 0.265 e. The van der Waals surface area contributed by atoms with Gasteiger partial charge in [-0.05, 0) is 26.0 Å². The van der Waals surface area contributed by atoms with E-state index in [-0.39, 0.29) is 0 Å². The number of nitrogens with zero attached hydrogens (tertiary/aromatic N) is 2. The lowest BCUT2D eigenvalue weighted by Crippen LogP contribution is -2.11. The quantitative estimate of drug-likeness (QED) is 0.639. The van der Waals surface area contributed by atoms with Gasteiger partial charge in [0, 0.05) is 18.7 Å². The molecule has 0 saturated heterocycles. The van der Waals surface area contributed by atoms with Crippen molar-refractivity contribution in [3.63, 3.8) is 0 Å². The van der Waals surface area contributed by atoms with Gasteiger partial charge in [-0.1, -0.05) is 17.7 Å². The summed E-state index contributed by atoms with van der Waals surface area (Å²) < 4.78 is 0. The highest BCUT2D eigenvalue weighted by Gasteiger charge is 2.11. The number of aryl methyl sites for hydroxylation is 1. The second kappa shape index (κ2) is 3.21. The molecule has 68 valence electrons. The summed E-state index contributed by atoms with van der Waals surface area (Å²) in [6.45, 7) is 5.20. The van der Waals surface area contributed by atoms with E-state index >= 15 is 0 Å². The first-order valence-corrected chi connectivity index (χ1v) is 4.64. The molecule has 0 bridgehead atoms. The van der Waals surface area contributed by atoms with Gasteiger partial charge < -0.3 is 0 Å². The molecule has 0 radical (unpaired) electrons. The summed E-state index contributed by atoms with van der Waals surface area (Å²) in [6, 6.07) is 8.49. The Kier molecular flexibility index (Phi) is 2.05. The van der Waals surface area contributed by atoms with Crippen molar-refractivity contribution in [3.8, 4) is 0 Å². The van der Waals surface area contributed by atoms with Gasteiger partial charge in [-0.15, -0.1) is 0 Å². The molecular formula is C11H14N2. The molecule has 2 rings (SSSR count). The van der Waals surface area contributed by atoms with E-state index in [4.69, 9.17) is 0 Å². The molecule has 0 amide bonds. The lowest BCUT2D eigenvalue weighted by molar-refractivity contribution is 0.921. The van der Waals surface area contributed by atoms with Crippen molar-refractivity contribution in [2.45, 2.75) is 20.3 Å². The lowest BCUT2D eigenvalue weighted by atomic mass is 10.2. The van der Waals surface area contributed by atoms with Crippen molar-refractivity contribution in [1.82, 2.24) is 0 Å². The van der Waals surface area contributed by atoms with Crippen LogP contribution in [0.15, 0.2) is 29.4 Å². The predicted octanol–water partition coefficient (Wildman–Crippen LogP) is 2.58. The van der Waals surface area contributed by atoms with E-state index in [0.717, 1.165) is 13.0 Å². The van der Waals surface area contributed by atoms with Crippen LogP contribution in [0.1, 0.15) is 18.9 Å². The summed E-state index contributed by atoms with van der Waals surface area (Å²) in [6.07, 6.45) is 1.09. The molecule has 0 fully saturated rings. The van der Waals surface area contributed by atoms with Crippen LogP contribution >= 0.6 is 0 Å². The third-order valence-electron chi connectivity index (χ3n) is 2.31. The monoisotopic (exact) mass is 174 g/mol. The van der Waals surface area contributed by atoms with Crippen molar-refractivity contribution in [2.24, 2.45) is 5.10 Å². The minimum absolute atomic E-state index is 1.02. The summed E-state index contributed by atoms with van der Waals surface area (Å²) in [4.78, 5) is 0. The molecule has 1 aliphatic rings. The van der Waals surface area contributed by atoms with Gasteiger partial charge in [-0.3, -0.25) is 5.01 Å². The van der Waals surface area contributed by atoms with Crippen LogP contribution in [0.5, 0.6) is 0 Å². The Morgan fingerprint density at radius 1 is 1.15 bits per heavy atom. The van der Waals surface area contributed by atoms with E-state index in [9.17, 15) is 0 Å².